The second-order valence-electron chi connectivity index (χ2n) is 5.62. The highest BCUT2D eigenvalue weighted by Crippen LogP contribution is 2.42. The highest BCUT2D eigenvalue weighted by atomic mass is 16.5. The Kier molecular flexibility index (Phi) is 4.10. The predicted molar refractivity (Wildman–Crippen MR) is 66.7 cm³/mol. The Morgan fingerprint density at radius 2 is 2.26 bits per heavy atom. The fraction of sp³-hybridized carbons (Fsp3) is 0.846. The number of nitrogens with zero attached hydrogens (tertiary/aromatic N) is 1. The highest BCUT2D eigenvalue weighted by molar-refractivity contribution is 5.81. The minimum Gasteiger partial charge on any atom is -0.481 e. The second-order valence-corrected chi connectivity index (χ2v) is 5.62. The third-order valence-corrected chi connectivity index (χ3v) is 4.03. The van der Waals surface area contributed by atoms with Gasteiger partial charge >= 0.3 is 5.97 Å². The van der Waals surface area contributed by atoms with Crippen LogP contribution in [0, 0.1) is 11.3 Å². The number of hydrogen-bond acceptors (Lipinski definition) is 4. The van der Waals surface area contributed by atoms with Crippen molar-refractivity contribution >= 4 is 11.9 Å². The summed E-state index contributed by atoms with van der Waals surface area (Å²) < 4.78 is 10.6. The van der Waals surface area contributed by atoms with Gasteiger partial charge in [0, 0.05) is 25.6 Å². The molecular weight excluding hydrogens is 250 g/mol. The zero-order chi connectivity index (χ0) is 14.0. The number of carbonyl (C=O) groups is 2. The van der Waals surface area contributed by atoms with Crippen LogP contribution < -0.4 is 0 Å². The Morgan fingerprint density at radius 3 is 2.84 bits per heavy atom. The molecule has 1 amide bonds. The first-order valence-corrected chi connectivity index (χ1v) is 6.66. The second kappa shape index (κ2) is 5.46. The molecule has 0 spiro atoms. The lowest BCUT2D eigenvalue weighted by atomic mass is 9.74. The lowest BCUT2D eigenvalue weighted by Gasteiger charge is -2.33. The van der Waals surface area contributed by atoms with Crippen molar-refractivity contribution in [1.82, 2.24) is 4.90 Å². The average Bonchev–Trinajstić information content (AvgIpc) is 2.76. The van der Waals surface area contributed by atoms with Crippen LogP contribution in [0.5, 0.6) is 0 Å². The molecular formula is C13H21NO5. The van der Waals surface area contributed by atoms with Crippen molar-refractivity contribution in [3.05, 3.63) is 0 Å². The molecule has 0 aromatic rings. The van der Waals surface area contributed by atoms with E-state index in [1.165, 1.54) is 0 Å². The number of rotatable bonds is 4. The van der Waals surface area contributed by atoms with E-state index in [9.17, 15) is 14.7 Å². The first kappa shape index (κ1) is 14.3. The van der Waals surface area contributed by atoms with Gasteiger partial charge in [0.1, 0.15) is 6.61 Å². The van der Waals surface area contributed by atoms with Gasteiger partial charge in [0.25, 0.3) is 0 Å². The molecule has 0 aliphatic carbocycles. The van der Waals surface area contributed by atoms with E-state index in [1.807, 2.05) is 13.8 Å². The van der Waals surface area contributed by atoms with Crippen LogP contribution in [0.4, 0.5) is 0 Å². The summed E-state index contributed by atoms with van der Waals surface area (Å²) in [6, 6.07) is 0. The maximum absolute atomic E-state index is 12.0. The number of carboxylic acids is 1. The van der Waals surface area contributed by atoms with Gasteiger partial charge in [-0.05, 0) is 20.3 Å². The molecule has 0 aromatic carbocycles. The van der Waals surface area contributed by atoms with Crippen molar-refractivity contribution < 1.29 is 24.2 Å². The number of amides is 1. The molecule has 2 rings (SSSR count). The summed E-state index contributed by atoms with van der Waals surface area (Å²) in [7, 11) is 0. The summed E-state index contributed by atoms with van der Waals surface area (Å²) >= 11 is 0. The van der Waals surface area contributed by atoms with Gasteiger partial charge in [-0.1, -0.05) is 0 Å². The van der Waals surface area contributed by atoms with Gasteiger partial charge < -0.3 is 19.5 Å². The maximum atomic E-state index is 12.0. The van der Waals surface area contributed by atoms with Gasteiger partial charge in [0.05, 0.1) is 18.1 Å². The predicted octanol–water partition coefficient (Wildman–Crippen LogP) is 0.361. The van der Waals surface area contributed by atoms with Crippen LogP contribution in [0.2, 0.25) is 0 Å². The van der Waals surface area contributed by atoms with Crippen LogP contribution in [0.15, 0.2) is 0 Å². The molecule has 108 valence electrons. The van der Waals surface area contributed by atoms with Crippen LogP contribution in [-0.2, 0) is 19.1 Å². The van der Waals surface area contributed by atoms with E-state index in [0.29, 0.717) is 26.2 Å². The molecule has 0 saturated carbocycles. The fourth-order valence-electron chi connectivity index (χ4n) is 2.82. The molecule has 0 unspecified atom stereocenters. The van der Waals surface area contributed by atoms with Crippen molar-refractivity contribution in [2.24, 2.45) is 11.3 Å². The average molecular weight is 271 g/mol. The first-order valence-electron chi connectivity index (χ1n) is 6.66. The van der Waals surface area contributed by atoms with E-state index in [2.05, 4.69) is 0 Å². The summed E-state index contributed by atoms with van der Waals surface area (Å²) in [6.45, 7) is 5.34. The van der Waals surface area contributed by atoms with Gasteiger partial charge in [-0.15, -0.1) is 0 Å². The molecule has 19 heavy (non-hydrogen) atoms. The van der Waals surface area contributed by atoms with Crippen LogP contribution >= 0.6 is 0 Å². The minimum atomic E-state index is -0.828. The van der Waals surface area contributed by atoms with Crippen molar-refractivity contribution in [2.45, 2.75) is 26.4 Å². The number of carboxylic acid groups (broad SMARTS) is 1. The van der Waals surface area contributed by atoms with Gasteiger partial charge in [-0.3, -0.25) is 9.59 Å². The molecule has 0 bridgehead atoms. The van der Waals surface area contributed by atoms with Crippen LogP contribution in [0.1, 0.15) is 20.3 Å². The summed E-state index contributed by atoms with van der Waals surface area (Å²) in [5.41, 5.74) is -0.828. The van der Waals surface area contributed by atoms with Crippen LogP contribution in [0.25, 0.3) is 0 Å². The lowest BCUT2D eigenvalue weighted by molar-refractivity contribution is -0.157. The molecule has 2 saturated heterocycles. The van der Waals surface area contributed by atoms with Gasteiger partial charge in [-0.25, -0.2) is 0 Å². The summed E-state index contributed by atoms with van der Waals surface area (Å²) in [5, 5.41) is 9.49. The standard InChI is InChI=1S/C13H21NO5/c1-9(2)19-7-11(15)14-5-10-6-18-4-3-13(10,8-14)12(16)17/h9-10H,3-8H2,1-2H3,(H,16,17)/t10-,13+/m0/s1. The summed E-state index contributed by atoms with van der Waals surface area (Å²) in [6.07, 6.45) is 0.465. The monoisotopic (exact) mass is 271 g/mol. The lowest BCUT2D eigenvalue weighted by Crippen LogP contribution is -2.45. The topological polar surface area (TPSA) is 76.1 Å². The Morgan fingerprint density at radius 1 is 1.53 bits per heavy atom. The molecule has 6 heteroatoms. The van der Waals surface area contributed by atoms with Crippen molar-refractivity contribution in [2.75, 3.05) is 32.9 Å². The number of ether oxygens (including phenoxy) is 2. The molecule has 2 atom stereocenters. The van der Waals surface area contributed by atoms with E-state index in [1.54, 1.807) is 4.90 Å². The zero-order valence-electron chi connectivity index (χ0n) is 11.4. The third kappa shape index (κ3) is 2.74. The van der Waals surface area contributed by atoms with Gasteiger partial charge in [0.2, 0.25) is 5.91 Å². The quantitative estimate of drug-likeness (QED) is 0.799. The largest absolute Gasteiger partial charge is 0.481 e. The van der Waals surface area contributed by atoms with E-state index in [4.69, 9.17) is 9.47 Å². The summed E-state index contributed by atoms with van der Waals surface area (Å²) in [5.74, 6) is -1.06. The van der Waals surface area contributed by atoms with Crippen molar-refractivity contribution in [1.29, 1.82) is 0 Å². The number of fused-ring (bicyclic) bond motifs is 1. The number of carbonyl (C=O) groups excluding carboxylic acids is 1. The Balaban J connectivity index is 2.03. The normalized spacial score (nSPS) is 30.5. The van der Waals surface area contributed by atoms with Crippen molar-refractivity contribution in [3.63, 3.8) is 0 Å². The van der Waals surface area contributed by atoms with Crippen LogP contribution in [0.3, 0.4) is 0 Å². The smallest absolute Gasteiger partial charge is 0.311 e. The van der Waals surface area contributed by atoms with Crippen molar-refractivity contribution in [3.8, 4) is 0 Å². The summed E-state index contributed by atoms with van der Waals surface area (Å²) in [4.78, 5) is 25.2. The Hall–Kier alpha value is -1.14. The van der Waals surface area contributed by atoms with Gasteiger partial charge in [0.15, 0.2) is 0 Å². The minimum absolute atomic E-state index is 0.00871. The van der Waals surface area contributed by atoms with Crippen LogP contribution in [-0.4, -0.2) is 60.9 Å². The molecule has 0 aromatic heterocycles. The Labute approximate surface area is 112 Å². The molecule has 6 nitrogen and oxygen atoms in total. The van der Waals surface area contributed by atoms with E-state index in [-0.39, 0.29) is 31.1 Å². The fourth-order valence-corrected chi connectivity index (χ4v) is 2.82. The number of hydrogen-bond donors (Lipinski definition) is 1. The molecule has 2 fully saturated rings. The molecule has 1 N–H and O–H groups in total. The highest BCUT2D eigenvalue weighted by Gasteiger charge is 2.54. The first-order chi connectivity index (χ1) is 8.95. The molecule has 2 aliphatic rings. The number of likely N-dealkylation sites (tertiary alicyclic amines) is 1. The van der Waals surface area contributed by atoms with E-state index < -0.39 is 11.4 Å². The van der Waals surface area contributed by atoms with E-state index in [0.717, 1.165) is 0 Å². The zero-order valence-corrected chi connectivity index (χ0v) is 11.4. The SMILES string of the molecule is CC(C)OCC(=O)N1C[C@H]2COCC[C@@]2(C(=O)O)C1. The molecule has 2 aliphatic heterocycles. The molecule has 0 radical (unpaired) electrons. The molecule has 2 heterocycles. The third-order valence-electron chi connectivity index (χ3n) is 4.03. The number of aliphatic carboxylic acids is 1. The maximum Gasteiger partial charge on any atom is 0.311 e. The Bertz CT molecular complexity index is 370. The van der Waals surface area contributed by atoms with Gasteiger partial charge in [-0.2, -0.15) is 0 Å². The van der Waals surface area contributed by atoms with E-state index >= 15 is 0 Å².